The SMILES string of the molecule is CCOC(=O)/C(C)=C/[C@@H](C)COCc1ccccc1. The zero-order valence-corrected chi connectivity index (χ0v) is 11.9. The first-order valence-corrected chi connectivity index (χ1v) is 6.60. The molecule has 0 fully saturated rings. The van der Waals surface area contributed by atoms with Crippen LogP contribution in [0.4, 0.5) is 0 Å². The van der Waals surface area contributed by atoms with Crippen molar-refractivity contribution in [1.82, 2.24) is 0 Å². The van der Waals surface area contributed by atoms with Gasteiger partial charge in [-0.25, -0.2) is 4.79 Å². The zero-order chi connectivity index (χ0) is 14.1. The van der Waals surface area contributed by atoms with Crippen LogP contribution >= 0.6 is 0 Å². The number of ether oxygens (including phenoxy) is 2. The summed E-state index contributed by atoms with van der Waals surface area (Å²) in [5.41, 5.74) is 1.79. The lowest BCUT2D eigenvalue weighted by Crippen LogP contribution is -2.09. The Morgan fingerprint density at radius 3 is 2.63 bits per heavy atom. The van der Waals surface area contributed by atoms with Crippen LogP contribution in [-0.4, -0.2) is 19.2 Å². The Morgan fingerprint density at radius 2 is 2.00 bits per heavy atom. The molecule has 1 atom stereocenters. The van der Waals surface area contributed by atoms with Crippen molar-refractivity contribution in [2.45, 2.75) is 27.4 Å². The minimum absolute atomic E-state index is 0.188. The Morgan fingerprint density at radius 1 is 1.32 bits per heavy atom. The van der Waals surface area contributed by atoms with Gasteiger partial charge in [0.05, 0.1) is 19.8 Å². The highest BCUT2D eigenvalue weighted by Crippen LogP contribution is 2.07. The van der Waals surface area contributed by atoms with Gasteiger partial charge in [0.15, 0.2) is 0 Å². The molecule has 0 N–H and O–H groups in total. The molecular formula is C16H22O3. The van der Waals surface area contributed by atoms with E-state index in [1.807, 2.05) is 43.3 Å². The number of benzene rings is 1. The van der Waals surface area contributed by atoms with Crippen molar-refractivity contribution in [3.63, 3.8) is 0 Å². The van der Waals surface area contributed by atoms with Gasteiger partial charge in [0.1, 0.15) is 0 Å². The predicted octanol–water partition coefficient (Wildman–Crippen LogP) is 3.35. The third kappa shape index (κ3) is 6.20. The van der Waals surface area contributed by atoms with Gasteiger partial charge in [0.25, 0.3) is 0 Å². The average molecular weight is 262 g/mol. The lowest BCUT2D eigenvalue weighted by Gasteiger charge is -2.09. The quantitative estimate of drug-likeness (QED) is 0.558. The van der Waals surface area contributed by atoms with E-state index in [0.29, 0.717) is 25.4 Å². The Balaban J connectivity index is 2.33. The fourth-order valence-electron chi connectivity index (χ4n) is 1.72. The van der Waals surface area contributed by atoms with E-state index in [9.17, 15) is 4.79 Å². The molecule has 3 nitrogen and oxygen atoms in total. The summed E-state index contributed by atoms with van der Waals surface area (Å²) < 4.78 is 10.6. The lowest BCUT2D eigenvalue weighted by molar-refractivity contribution is -0.138. The highest BCUT2D eigenvalue weighted by molar-refractivity contribution is 5.87. The normalized spacial score (nSPS) is 13.1. The summed E-state index contributed by atoms with van der Waals surface area (Å²) in [7, 11) is 0. The van der Waals surface area contributed by atoms with Gasteiger partial charge in [-0.1, -0.05) is 43.3 Å². The van der Waals surface area contributed by atoms with Crippen molar-refractivity contribution in [2.24, 2.45) is 5.92 Å². The van der Waals surface area contributed by atoms with Gasteiger partial charge < -0.3 is 9.47 Å². The van der Waals surface area contributed by atoms with E-state index in [-0.39, 0.29) is 11.9 Å². The molecule has 0 aliphatic carbocycles. The van der Waals surface area contributed by atoms with Crippen LogP contribution in [0.15, 0.2) is 42.0 Å². The summed E-state index contributed by atoms with van der Waals surface area (Å²) in [5.74, 6) is -0.0643. The number of hydrogen-bond donors (Lipinski definition) is 0. The molecule has 0 spiro atoms. The second-order valence-electron chi connectivity index (χ2n) is 4.55. The molecule has 0 saturated carbocycles. The molecule has 0 aliphatic rings. The summed E-state index contributed by atoms with van der Waals surface area (Å²) in [5, 5.41) is 0. The van der Waals surface area contributed by atoms with Crippen LogP contribution in [0.1, 0.15) is 26.3 Å². The molecule has 1 aromatic carbocycles. The molecule has 104 valence electrons. The molecule has 0 aliphatic heterocycles. The van der Waals surface area contributed by atoms with E-state index in [0.717, 1.165) is 5.56 Å². The molecule has 0 saturated heterocycles. The molecule has 1 rings (SSSR count). The third-order valence-corrected chi connectivity index (χ3v) is 2.62. The van der Waals surface area contributed by atoms with Gasteiger partial charge in [-0.3, -0.25) is 0 Å². The summed E-state index contributed by atoms with van der Waals surface area (Å²) in [6, 6.07) is 10.0. The summed E-state index contributed by atoms with van der Waals surface area (Å²) in [4.78, 5) is 11.4. The van der Waals surface area contributed by atoms with E-state index < -0.39 is 0 Å². The maximum absolute atomic E-state index is 11.4. The van der Waals surface area contributed by atoms with Crippen molar-refractivity contribution in [1.29, 1.82) is 0 Å². The monoisotopic (exact) mass is 262 g/mol. The first-order valence-electron chi connectivity index (χ1n) is 6.60. The number of rotatable bonds is 7. The smallest absolute Gasteiger partial charge is 0.333 e. The number of esters is 1. The highest BCUT2D eigenvalue weighted by Gasteiger charge is 2.07. The minimum atomic E-state index is -0.252. The molecule has 0 heterocycles. The second kappa shape index (κ2) is 8.48. The average Bonchev–Trinajstić information content (AvgIpc) is 2.40. The van der Waals surface area contributed by atoms with Crippen LogP contribution in [0, 0.1) is 5.92 Å². The maximum Gasteiger partial charge on any atom is 0.333 e. The summed E-state index contributed by atoms with van der Waals surface area (Å²) >= 11 is 0. The Bertz CT molecular complexity index is 409. The molecule has 0 aromatic heterocycles. The number of carbonyl (C=O) groups is 1. The zero-order valence-electron chi connectivity index (χ0n) is 11.9. The van der Waals surface area contributed by atoms with Gasteiger partial charge in [-0.05, 0) is 25.3 Å². The number of carbonyl (C=O) groups excluding carboxylic acids is 1. The highest BCUT2D eigenvalue weighted by atomic mass is 16.5. The van der Waals surface area contributed by atoms with Crippen molar-refractivity contribution >= 4 is 5.97 Å². The van der Waals surface area contributed by atoms with Crippen molar-refractivity contribution in [3.8, 4) is 0 Å². The molecule has 1 aromatic rings. The largest absolute Gasteiger partial charge is 0.463 e. The molecular weight excluding hydrogens is 240 g/mol. The topological polar surface area (TPSA) is 35.5 Å². The molecule has 0 unspecified atom stereocenters. The van der Waals surface area contributed by atoms with E-state index in [2.05, 4.69) is 0 Å². The molecule has 19 heavy (non-hydrogen) atoms. The third-order valence-electron chi connectivity index (χ3n) is 2.62. The van der Waals surface area contributed by atoms with Crippen LogP contribution in [0.5, 0.6) is 0 Å². The van der Waals surface area contributed by atoms with E-state index in [1.54, 1.807) is 13.8 Å². The van der Waals surface area contributed by atoms with E-state index >= 15 is 0 Å². The summed E-state index contributed by atoms with van der Waals surface area (Å²) in [6.45, 7) is 7.18. The van der Waals surface area contributed by atoms with Gasteiger partial charge in [-0.2, -0.15) is 0 Å². The van der Waals surface area contributed by atoms with Gasteiger partial charge in [-0.15, -0.1) is 0 Å². The van der Waals surface area contributed by atoms with Gasteiger partial charge in [0.2, 0.25) is 0 Å². The van der Waals surface area contributed by atoms with Crippen LogP contribution in [0.3, 0.4) is 0 Å². The predicted molar refractivity (Wildman–Crippen MR) is 75.7 cm³/mol. The van der Waals surface area contributed by atoms with Gasteiger partial charge in [0, 0.05) is 5.57 Å². The van der Waals surface area contributed by atoms with E-state index in [4.69, 9.17) is 9.47 Å². The molecule has 0 amide bonds. The molecule has 3 heteroatoms. The fraction of sp³-hybridized carbons (Fsp3) is 0.438. The Kier molecular flexibility index (Phi) is 6.90. The number of hydrogen-bond acceptors (Lipinski definition) is 3. The van der Waals surface area contributed by atoms with Crippen molar-refractivity contribution < 1.29 is 14.3 Å². The van der Waals surface area contributed by atoms with Gasteiger partial charge >= 0.3 is 5.97 Å². The van der Waals surface area contributed by atoms with Crippen molar-refractivity contribution in [3.05, 3.63) is 47.5 Å². The van der Waals surface area contributed by atoms with Crippen molar-refractivity contribution in [2.75, 3.05) is 13.2 Å². The summed E-state index contributed by atoms with van der Waals surface area (Å²) in [6.07, 6.45) is 1.89. The second-order valence-corrected chi connectivity index (χ2v) is 4.55. The first-order chi connectivity index (χ1) is 9.13. The van der Waals surface area contributed by atoms with Crippen LogP contribution < -0.4 is 0 Å². The standard InChI is InChI=1S/C16H22O3/c1-4-19-16(17)14(3)10-13(2)11-18-12-15-8-6-5-7-9-15/h5-10,13H,4,11-12H2,1-3H3/b14-10+/t13-/m1/s1. The maximum atomic E-state index is 11.4. The Labute approximate surface area is 115 Å². The van der Waals surface area contributed by atoms with Crippen LogP contribution in [0.2, 0.25) is 0 Å². The van der Waals surface area contributed by atoms with Crippen LogP contribution in [-0.2, 0) is 20.9 Å². The first kappa shape index (κ1) is 15.4. The molecule has 0 radical (unpaired) electrons. The lowest BCUT2D eigenvalue weighted by atomic mass is 10.1. The molecule has 0 bridgehead atoms. The van der Waals surface area contributed by atoms with Crippen LogP contribution in [0.25, 0.3) is 0 Å². The minimum Gasteiger partial charge on any atom is -0.463 e. The Hall–Kier alpha value is -1.61. The fourth-order valence-corrected chi connectivity index (χ4v) is 1.72. The van der Waals surface area contributed by atoms with E-state index in [1.165, 1.54) is 0 Å².